The summed E-state index contributed by atoms with van der Waals surface area (Å²) < 4.78 is 5.88. The summed E-state index contributed by atoms with van der Waals surface area (Å²) >= 11 is 7.31. The number of hydrogen-bond acceptors (Lipinski definition) is 5. The van der Waals surface area contributed by atoms with Gasteiger partial charge in [0.1, 0.15) is 14.9 Å². The first-order valence-electron chi connectivity index (χ1n) is 6.89. The molecule has 7 heteroatoms. The molecule has 0 saturated heterocycles. The Balaban J connectivity index is 2.27. The number of alkyl carbamates (subject to hydrolysis) is 1. The fourth-order valence-electron chi connectivity index (χ4n) is 1.56. The molecule has 2 N–H and O–H groups in total. The van der Waals surface area contributed by atoms with Crippen molar-refractivity contribution in [2.75, 3.05) is 6.54 Å². The smallest absolute Gasteiger partial charge is 0.407 e. The van der Waals surface area contributed by atoms with E-state index in [0.717, 1.165) is 11.4 Å². The molecule has 0 atom stereocenters. The van der Waals surface area contributed by atoms with Gasteiger partial charge < -0.3 is 15.4 Å². The van der Waals surface area contributed by atoms with Gasteiger partial charge >= 0.3 is 6.09 Å². The van der Waals surface area contributed by atoms with Crippen molar-refractivity contribution in [2.45, 2.75) is 58.7 Å². The molecule has 1 heterocycles. The number of amides is 1. The van der Waals surface area contributed by atoms with E-state index in [1.54, 1.807) is 6.20 Å². The number of rotatable bonds is 6. The first kappa shape index (κ1) is 18.2. The average Bonchev–Trinajstić information content (AvgIpc) is 2.70. The third-order valence-corrected chi connectivity index (χ3v) is 3.78. The maximum Gasteiger partial charge on any atom is 0.407 e. The van der Waals surface area contributed by atoms with Crippen LogP contribution in [0.3, 0.4) is 0 Å². The van der Waals surface area contributed by atoms with Crippen LogP contribution < -0.4 is 10.6 Å². The van der Waals surface area contributed by atoms with Gasteiger partial charge in [-0.15, -0.1) is 11.3 Å². The average molecular weight is 334 g/mol. The predicted molar refractivity (Wildman–Crippen MR) is 86.9 cm³/mol. The molecular formula is C14H24ClN3O2S. The van der Waals surface area contributed by atoms with Gasteiger partial charge in [-0.2, -0.15) is 0 Å². The highest BCUT2D eigenvalue weighted by molar-refractivity contribution is 7.15. The van der Waals surface area contributed by atoms with Crippen LogP contribution in [-0.4, -0.2) is 28.8 Å². The van der Waals surface area contributed by atoms with Crippen LogP contribution in [0.5, 0.6) is 0 Å². The zero-order valence-corrected chi connectivity index (χ0v) is 14.8. The Morgan fingerprint density at radius 3 is 2.57 bits per heavy atom. The van der Waals surface area contributed by atoms with Gasteiger partial charge in [-0.3, -0.25) is 0 Å². The third-order valence-electron chi connectivity index (χ3n) is 2.66. The molecule has 0 spiro atoms. The first-order valence-corrected chi connectivity index (χ1v) is 8.09. The predicted octanol–water partition coefficient (Wildman–Crippen LogP) is 3.58. The van der Waals surface area contributed by atoms with Gasteiger partial charge in [-0.05, 0) is 41.0 Å². The number of aromatic nitrogens is 1. The van der Waals surface area contributed by atoms with Gasteiger partial charge in [-0.25, -0.2) is 9.78 Å². The van der Waals surface area contributed by atoms with Gasteiger partial charge in [-0.1, -0.05) is 11.6 Å². The number of nitrogens with zero attached hydrogens (tertiary/aromatic N) is 1. The number of carbonyl (C=O) groups is 1. The summed E-state index contributed by atoms with van der Waals surface area (Å²) in [5.41, 5.74) is -0.588. The molecule has 1 amide bonds. The number of ether oxygens (including phenoxy) is 1. The fourth-order valence-corrected chi connectivity index (χ4v) is 2.46. The van der Waals surface area contributed by atoms with Crippen molar-refractivity contribution in [3.05, 3.63) is 15.5 Å². The molecule has 0 unspecified atom stereocenters. The highest BCUT2D eigenvalue weighted by Gasteiger charge is 2.19. The Bertz CT molecular complexity index is 469. The minimum absolute atomic E-state index is 0.118. The monoisotopic (exact) mass is 333 g/mol. The van der Waals surface area contributed by atoms with Crippen molar-refractivity contribution in [1.29, 1.82) is 0 Å². The summed E-state index contributed by atoms with van der Waals surface area (Å²) in [6, 6.07) is 0. The summed E-state index contributed by atoms with van der Waals surface area (Å²) in [6.07, 6.45) is 2.05. The highest BCUT2D eigenvalue weighted by Crippen LogP contribution is 2.19. The second-order valence-electron chi connectivity index (χ2n) is 6.47. The van der Waals surface area contributed by atoms with Crippen LogP contribution in [0, 0.1) is 0 Å². The van der Waals surface area contributed by atoms with E-state index in [1.807, 2.05) is 20.8 Å². The molecule has 0 radical (unpaired) electrons. The largest absolute Gasteiger partial charge is 0.444 e. The van der Waals surface area contributed by atoms with Crippen LogP contribution >= 0.6 is 22.9 Å². The van der Waals surface area contributed by atoms with Gasteiger partial charge in [0.15, 0.2) is 0 Å². The lowest BCUT2D eigenvalue weighted by Crippen LogP contribution is -2.42. The van der Waals surface area contributed by atoms with E-state index in [2.05, 4.69) is 29.5 Å². The van der Waals surface area contributed by atoms with E-state index in [-0.39, 0.29) is 11.6 Å². The SMILES string of the molecule is CC(C)(CCNC(=O)OC(C)(C)C)NCc1ncc(Cl)s1. The van der Waals surface area contributed by atoms with E-state index in [1.165, 1.54) is 11.3 Å². The Labute approximate surface area is 135 Å². The van der Waals surface area contributed by atoms with Gasteiger partial charge in [0.25, 0.3) is 0 Å². The molecule has 0 aliphatic carbocycles. The molecule has 1 aromatic rings. The van der Waals surface area contributed by atoms with Gasteiger partial charge in [0.2, 0.25) is 0 Å². The van der Waals surface area contributed by atoms with Crippen LogP contribution in [0.15, 0.2) is 6.20 Å². The lowest BCUT2D eigenvalue weighted by Gasteiger charge is -2.26. The molecule has 21 heavy (non-hydrogen) atoms. The first-order chi connectivity index (χ1) is 9.57. The lowest BCUT2D eigenvalue weighted by molar-refractivity contribution is 0.0524. The minimum Gasteiger partial charge on any atom is -0.444 e. The number of halogens is 1. The van der Waals surface area contributed by atoms with Crippen molar-refractivity contribution < 1.29 is 9.53 Å². The molecule has 0 saturated carbocycles. The van der Waals surface area contributed by atoms with E-state index in [0.29, 0.717) is 17.4 Å². The number of hydrogen-bond donors (Lipinski definition) is 2. The maximum atomic E-state index is 11.5. The number of carbonyl (C=O) groups excluding carboxylic acids is 1. The van der Waals surface area contributed by atoms with E-state index < -0.39 is 5.60 Å². The number of thiazole rings is 1. The molecule has 0 aromatic carbocycles. The van der Waals surface area contributed by atoms with E-state index in [9.17, 15) is 4.79 Å². The standard InChI is InChI=1S/C14H24ClN3O2S/c1-13(2,3)20-12(19)16-7-6-14(4,5)18-9-11-17-8-10(15)21-11/h8,18H,6-7,9H2,1-5H3,(H,16,19). The summed E-state index contributed by atoms with van der Waals surface area (Å²) in [5.74, 6) is 0. The molecule has 0 aliphatic rings. The molecule has 120 valence electrons. The van der Waals surface area contributed by atoms with E-state index in [4.69, 9.17) is 16.3 Å². The topological polar surface area (TPSA) is 63.2 Å². The van der Waals surface area contributed by atoms with Crippen molar-refractivity contribution in [3.8, 4) is 0 Å². The lowest BCUT2D eigenvalue weighted by atomic mass is 10.0. The zero-order chi connectivity index (χ0) is 16.1. The quantitative estimate of drug-likeness (QED) is 0.835. The van der Waals surface area contributed by atoms with E-state index >= 15 is 0 Å². The summed E-state index contributed by atoms with van der Waals surface area (Å²) in [5, 5.41) is 7.12. The second-order valence-corrected chi connectivity index (χ2v) is 8.22. The summed E-state index contributed by atoms with van der Waals surface area (Å²) in [4.78, 5) is 15.8. The molecule has 1 aromatic heterocycles. The summed E-state index contributed by atoms with van der Waals surface area (Å²) in [6.45, 7) is 10.9. The van der Waals surface area contributed by atoms with Crippen LogP contribution in [0.2, 0.25) is 4.34 Å². The van der Waals surface area contributed by atoms with Gasteiger partial charge in [0, 0.05) is 18.6 Å². The molecule has 0 bridgehead atoms. The summed E-state index contributed by atoms with van der Waals surface area (Å²) in [7, 11) is 0. The van der Waals surface area contributed by atoms with Crippen molar-refractivity contribution >= 4 is 29.0 Å². The fraction of sp³-hybridized carbons (Fsp3) is 0.714. The molecule has 0 aliphatic heterocycles. The Morgan fingerprint density at radius 1 is 1.38 bits per heavy atom. The molecule has 5 nitrogen and oxygen atoms in total. The van der Waals surface area contributed by atoms with Crippen molar-refractivity contribution in [1.82, 2.24) is 15.6 Å². The Morgan fingerprint density at radius 2 is 2.05 bits per heavy atom. The highest BCUT2D eigenvalue weighted by atomic mass is 35.5. The minimum atomic E-state index is -0.470. The van der Waals surface area contributed by atoms with Crippen LogP contribution in [-0.2, 0) is 11.3 Å². The van der Waals surface area contributed by atoms with Crippen molar-refractivity contribution in [2.24, 2.45) is 0 Å². The zero-order valence-electron chi connectivity index (χ0n) is 13.2. The molecular weight excluding hydrogens is 310 g/mol. The number of nitrogens with one attached hydrogen (secondary N) is 2. The normalized spacial score (nSPS) is 12.3. The third kappa shape index (κ3) is 8.24. The van der Waals surface area contributed by atoms with Crippen LogP contribution in [0.25, 0.3) is 0 Å². The van der Waals surface area contributed by atoms with Crippen LogP contribution in [0.1, 0.15) is 46.0 Å². The van der Waals surface area contributed by atoms with Gasteiger partial charge in [0.05, 0.1) is 6.20 Å². The Hall–Kier alpha value is -0.850. The van der Waals surface area contributed by atoms with Crippen LogP contribution in [0.4, 0.5) is 4.79 Å². The second kappa shape index (κ2) is 7.42. The molecule has 0 fully saturated rings. The Kier molecular flexibility index (Phi) is 6.43. The van der Waals surface area contributed by atoms with Crippen molar-refractivity contribution in [3.63, 3.8) is 0 Å². The maximum absolute atomic E-state index is 11.5. The molecule has 1 rings (SSSR count).